The quantitative estimate of drug-likeness (QED) is 0.864. The minimum absolute atomic E-state index is 0.0539. The van der Waals surface area contributed by atoms with E-state index in [0.29, 0.717) is 13.2 Å². The van der Waals surface area contributed by atoms with Gasteiger partial charge in [0.25, 0.3) is 0 Å². The molecule has 2 aromatic rings. The number of hydrogen-bond acceptors (Lipinski definition) is 3. The molecule has 146 valence electrons. The summed E-state index contributed by atoms with van der Waals surface area (Å²) in [5.41, 5.74) is 1.61. The third kappa shape index (κ3) is 3.92. The van der Waals surface area contributed by atoms with Crippen molar-refractivity contribution >= 4 is 17.5 Å². The molecule has 4 rings (SSSR count). The fourth-order valence-corrected chi connectivity index (χ4v) is 3.94. The van der Waals surface area contributed by atoms with Gasteiger partial charge in [-0.1, -0.05) is 30.3 Å². The van der Waals surface area contributed by atoms with E-state index in [-0.39, 0.29) is 36.2 Å². The molecule has 0 saturated carbocycles. The minimum atomic E-state index is -0.419. The average molecular weight is 382 g/mol. The highest BCUT2D eigenvalue weighted by Crippen LogP contribution is 2.29. The van der Waals surface area contributed by atoms with Crippen LogP contribution in [0.1, 0.15) is 30.9 Å². The molecule has 3 atom stereocenters. The number of hydrogen-bond donors (Lipinski definition) is 1. The first-order chi connectivity index (χ1) is 13.6. The second kappa shape index (κ2) is 8.10. The molecule has 2 heterocycles. The molecule has 2 saturated heterocycles. The van der Waals surface area contributed by atoms with Crippen LogP contribution in [0, 0.1) is 11.7 Å². The Morgan fingerprint density at radius 1 is 1.14 bits per heavy atom. The number of carbonyl (C=O) groups is 2. The molecule has 0 unspecified atom stereocenters. The van der Waals surface area contributed by atoms with Gasteiger partial charge >= 0.3 is 0 Å². The molecule has 1 N–H and O–H groups in total. The minimum Gasteiger partial charge on any atom is -0.376 e. The zero-order valence-electron chi connectivity index (χ0n) is 15.5. The van der Waals surface area contributed by atoms with Crippen molar-refractivity contribution in [2.75, 3.05) is 18.1 Å². The van der Waals surface area contributed by atoms with E-state index in [4.69, 9.17) is 4.74 Å². The summed E-state index contributed by atoms with van der Waals surface area (Å²) in [7, 11) is 0. The molecule has 6 heteroatoms. The van der Waals surface area contributed by atoms with Crippen molar-refractivity contribution < 1.29 is 18.7 Å². The molecule has 0 bridgehead atoms. The lowest BCUT2D eigenvalue weighted by molar-refractivity contribution is -0.127. The van der Waals surface area contributed by atoms with Crippen molar-refractivity contribution in [1.82, 2.24) is 5.32 Å². The standard InChI is InChI=1S/C22H23FN2O3/c23-17-10-8-15(9-11-17)21(19-7-4-12-28-19)24-22(27)16-13-20(26)25(14-16)18-5-2-1-3-6-18/h1-3,5-6,8-11,16,19,21H,4,7,12-14H2,(H,24,27)/t16-,19-,21-/m1/s1. The van der Waals surface area contributed by atoms with Crippen LogP contribution in [-0.4, -0.2) is 31.1 Å². The van der Waals surface area contributed by atoms with Gasteiger partial charge in [0, 0.05) is 25.3 Å². The van der Waals surface area contributed by atoms with Crippen molar-refractivity contribution in [2.24, 2.45) is 5.92 Å². The summed E-state index contributed by atoms with van der Waals surface area (Å²) in [4.78, 5) is 27.0. The molecule has 0 aromatic heterocycles. The Hall–Kier alpha value is -2.73. The Labute approximate surface area is 163 Å². The summed E-state index contributed by atoms with van der Waals surface area (Å²) in [6.07, 6.45) is 1.81. The summed E-state index contributed by atoms with van der Waals surface area (Å²) in [5.74, 6) is -0.962. The summed E-state index contributed by atoms with van der Waals surface area (Å²) >= 11 is 0. The van der Waals surface area contributed by atoms with E-state index in [1.807, 2.05) is 30.3 Å². The molecule has 2 amide bonds. The molecule has 2 aliphatic heterocycles. The molecular weight excluding hydrogens is 359 g/mol. The SMILES string of the molecule is O=C(N[C@H](c1ccc(F)cc1)[C@H]1CCCO1)[C@@H]1CC(=O)N(c2ccccc2)C1. The monoisotopic (exact) mass is 382 g/mol. The van der Waals surface area contributed by atoms with Gasteiger partial charge in [-0.2, -0.15) is 0 Å². The Balaban J connectivity index is 1.48. The summed E-state index contributed by atoms with van der Waals surface area (Å²) in [6.45, 7) is 1.01. The average Bonchev–Trinajstić information content (AvgIpc) is 3.37. The van der Waals surface area contributed by atoms with Crippen LogP contribution in [0.3, 0.4) is 0 Å². The Kier molecular flexibility index (Phi) is 5.39. The molecule has 0 radical (unpaired) electrons. The van der Waals surface area contributed by atoms with Crippen molar-refractivity contribution in [1.29, 1.82) is 0 Å². The number of benzene rings is 2. The third-order valence-electron chi connectivity index (χ3n) is 5.43. The van der Waals surface area contributed by atoms with E-state index in [1.165, 1.54) is 12.1 Å². The van der Waals surface area contributed by atoms with Crippen LogP contribution in [0.15, 0.2) is 54.6 Å². The second-order valence-electron chi connectivity index (χ2n) is 7.33. The van der Waals surface area contributed by atoms with Gasteiger partial charge in [0.2, 0.25) is 11.8 Å². The number of amides is 2. The topological polar surface area (TPSA) is 58.6 Å². The van der Waals surface area contributed by atoms with Crippen molar-refractivity contribution in [3.05, 3.63) is 66.0 Å². The van der Waals surface area contributed by atoms with Gasteiger partial charge in [0.1, 0.15) is 5.82 Å². The maximum Gasteiger partial charge on any atom is 0.227 e. The lowest BCUT2D eigenvalue weighted by Gasteiger charge is -2.26. The summed E-state index contributed by atoms with van der Waals surface area (Å²) < 4.78 is 19.1. The Bertz CT molecular complexity index is 835. The van der Waals surface area contributed by atoms with Gasteiger partial charge < -0.3 is 15.0 Å². The smallest absolute Gasteiger partial charge is 0.227 e. The van der Waals surface area contributed by atoms with E-state index in [1.54, 1.807) is 17.0 Å². The molecular formula is C22H23FN2O3. The molecule has 2 fully saturated rings. The Morgan fingerprint density at radius 2 is 1.89 bits per heavy atom. The lowest BCUT2D eigenvalue weighted by Crippen LogP contribution is -2.40. The zero-order chi connectivity index (χ0) is 19.5. The van der Waals surface area contributed by atoms with Crippen molar-refractivity contribution in [2.45, 2.75) is 31.4 Å². The van der Waals surface area contributed by atoms with Gasteiger partial charge in [-0.25, -0.2) is 4.39 Å². The number of halogens is 1. The highest BCUT2D eigenvalue weighted by Gasteiger charge is 2.37. The maximum atomic E-state index is 13.3. The number of ether oxygens (including phenoxy) is 1. The van der Waals surface area contributed by atoms with Crippen LogP contribution in [0.2, 0.25) is 0 Å². The highest BCUT2D eigenvalue weighted by molar-refractivity contribution is 6.00. The van der Waals surface area contributed by atoms with Crippen LogP contribution in [0.25, 0.3) is 0 Å². The number of anilines is 1. The second-order valence-corrected chi connectivity index (χ2v) is 7.33. The first-order valence-electron chi connectivity index (χ1n) is 9.64. The van der Waals surface area contributed by atoms with Crippen molar-refractivity contribution in [3.63, 3.8) is 0 Å². The number of nitrogens with one attached hydrogen (secondary N) is 1. The predicted octanol–water partition coefficient (Wildman–Crippen LogP) is 3.22. The predicted molar refractivity (Wildman–Crippen MR) is 103 cm³/mol. The lowest BCUT2D eigenvalue weighted by atomic mass is 9.97. The van der Waals surface area contributed by atoms with Crippen LogP contribution < -0.4 is 10.2 Å². The largest absolute Gasteiger partial charge is 0.376 e. The normalized spacial score (nSPS) is 23.0. The molecule has 28 heavy (non-hydrogen) atoms. The molecule has 2 aliphatic rings. The molecule has 2 aromatic carbocycles. The van der Waals surface area contributed by atoms with Crippen LogP contribution in [0.5, 0.6) is 0 Å². The number of carbonyl (C=O) groups excluding carboxylic acids is 2. The highest BCUT2D eigenvalue weighted by atomic mass is 19.1. The number of para-hydroxylation sites is 1. The number of rotatable bonds is 5. The zero-order valence-corrected chi connectivity index (χ0v) is 15.5. The summed E-state index contributed by atoms with van der Waals surface area (Å²) in [5, 5.41) is 3.06. The molecule has 5 nitrogen and oxygen atoms in total. The summed E-state index contributed by atoms with van der Waals surface area (Å²) in [6, 6.07) is 15.2. The van der Waals surface area contributed by atoms with E-state index in [0.717, 1.165) is 24.1 Å². The van der Waals surface area contributed by atoms with Crippen LogP contribution >= 0.6 is 0 Å². The first-order valence-corrected chi connectivity index (χ1v) is 9.64. The fourth-order valence-electron chi connectivity index (χ4n) is 3.94. The first kappa shape index (κ1) is 18.6. The van der Waals surface area contributed by atoms with Crippen LogP contribution in [0.4, 0.5) is 10.1 Å². The van der Waals surface area contributed by atoms with E-state index < -0.39 is 5.92 Å². The molecule has 0 aliphatic carbocycles. The van der Waals surface area contributed by atoms with Gasteiger partial charge in [-0.15, -0.1) is 0 Å². The van der Waals surface area contributed by atoms with E-state index in [9.17, 15) is 14.0 Å². The van der Waals surface area contributed by atoms with Gasteiger partial charge in [-0.05, 0) is 42.7 Å². The number of nitrogens with zero attached hydrogens (tertiary/aromatic N) is 1. The fraction of sp³-hybridized carbons (Fsp3) is 0.364. The molecule has 0 spiro atoms. The van der Waals surface area contributed by atoms with Crippen LogP contribution in [-0.2, 0) is 14.3 Å². The van der Waals surface area contributed by atoms with Gasteiger partial charge in [-0.3, -0.25) is 9.59 Å². The Morgan fingerprint density at radius 3 is 2.57 bits per heavy atom. The van der Waals surface area contributed by atoms with E-state index in [2.05, 4.69) is 5.32 Å². The van der Waals surface area contributed by atoms with Gasteiger partial charge in [0.05, 0.1) is 18.1 Å². The maximum absolute atomic E-state index is 13.3. The van der Waals surface area contributed by atoms with Gasteiger partial charge in [0.15, 0.2) is 0 Å². The van der Waals surface area contributed by atoms with E-state index >= 15 is 0 Å². The van der Waals surface area contributed by atoms with Crippen molar-refractivity contribution in [3.8, 4) is 0 Å². The third-order valence-corrected chi connectivity index (χ3v) is 5.43.